The van der Waals surface area contributed by atoms with E-state index in [0.29, 0.717) is 58.2 Å². The summed E-state index contributed by atoms with van der Waals surface area (Å²) in [6, 6.07) is 16.2. The van der Waals surface area contributed by atoms with Crippen LogP contribution in [0.4, 0.5) is 64.1 Å². The first-order chi connectivity index (χ1) is 24.9. The standard InChI is InChI=1S/C39H27F12N3/c1-20-30(24-14-26(36(40,41)42)18-27(15-24)37(43,44)45)8-5-10-32(20)52-22(3)34-12-7-13-35(54-34)23(4)53-33-11-6-9-31(21(33)2)25-16-28(38(46,47)48)19-29(17-25)39(49,50)51/h5-19H,1-4H3/b52-22+,53-23+. The third-order valence-electron chi connectivity index (χ3n) is 8.47. The maximum absolute atomic E-state index is 13.5. The molecule has 0 N–H and O–H groups in total. The highest BCUT2D eigenvalue weighted by atomic mass is 19.4. The van der Waals surface area contributed by atoms with Crippen molar-refractivity contribution in [2.24, 2.45) is 9.98 Å². The van der Waals surface area contributed by atoms with Crippen LogP contribution in [0.1, 0.15) is 58.6 Å². The Balaban J connectivity index is 1.50. The number of aromatic nitrogens is 1. The number of nitrogens with zero attached hydrogens (tertiary/aromatic N) is 3. The molecule has 0 bridgehead atoms. The second-order valence-corrected chi connectivity index (χ2v) is 12.3. The molecule has 282 valence electrons. The SMILES string of the molecule is C/C(=N\c1cccc(-c2cc(C(F)(F)F)cc(C(F)(F)F)c2)c1C)c1cccc(/C(C)=N/c2cccc(-c3cc(C(F)(F)F)cc(C(F)(F)F)c3)c2C)n1. The molecule has 54 heavy (non-hydrogen) atoms. The van der Waals surface area contributed by atoms with Gasteiger partial charge in [-0.1, -0.05) is 30.3 Å². The molecular weight excluding hydrogens is 738 g/mol. The van der Waals surface area contributed by atoms with Gasteiger partial charge in [0.1, 0.15) is 0 Å². The molecule has 5 rings (SSSR count). The average molecular weight is 766 g/mol. The second kappa shape index (κ2) is 14.4. The van der Waals surface area contributed by atoms with Gasteiger partial charge >= 0.3 is 24.7 Å². The lowest BCUT2D eigenvalue weighted by Gasteiger charge is -2.16. The fourth-order valence-electron chi connectivity index (χ4n) is 5.65. The fraction of sp³-hybridized carbons (Fsp3) is 0.205. The van der Waals surface area contributed by atoms with Crippen LogP contribution in [0.15, 0.2) is 101 Å². The number of hydrogen-bond acceptors (Lipinski definition) is 3. The van der Waals surface area contributed by atoms with E-state index in [0.717, 1.165) is 0 Å². The quantitative estimate of drug-likeness (QED) is 0.125. The minimum Gasteiger partial charge on any atom is -0.251 e. The molecule has 0 saturated heterocycles. The van der Waals surface area contributed by atoms with Gasteiger partial charge in [-0.05, 0) is 122 Å². The summed E-state index contributed by atoms with van der Waals surface area (Å²) in [6.45, 7) is 6.20. The molecule has 1 aromatic heterocycles. The van der Waals surface area contributed by atoms with Crippen LogP contribution in [-0.4, -0.2) is 16.4 Å². The average Bonchev–Trinajstić information content (AvgIpc) is 3.08. The van der Waals surface area contributed by atoms with Gasteiger partial charge in [-0.25, -0.2) is 4.98 Å². The summed E-state index contributed by atoms with van der Waals surface area (Å²) in [5.74, 6) is 0. The van der Waals surface area contributed by atoms with Crippen molar-refractivity contribution in [1.82, 2.24) is 4.98 Å². The summed E-state index contributed by atoms with van der Waals surface area (Å²) in [5.41, 5.74) is -3.79. The number of rotatable bonds is 6. The van der Waals surface area contributed by atoms with E-state index in [9.17, 15) is 52.7 Å². The van der Waals surface area contributed by atoms with E-state index < -0.39 is 47.0 Å². The highest BCUT2D eigenvalue weighted by Gasteiger charge is 2.38. The maximum Gasteiger partial charge on any atom is 0.416 e. The first-order valence-corrected chi connectivity index (χ1v) is 15.8. The lowest BCUT2D eigenvalue weighted by molar-refractivity contribution is -0.144. The summed E-state index contributed by atoms with van der Waals surface area (Å²) in [5, 5.41) is 0. The molecule has 4 aromatic carbocycles. The van der Waals surface area contributed by atoms with Crippen molar-refractivity contribution in [3.8, 4) is 22.3 Å². The van der Waals surface area contributed by atoms with Gasteiger partial charge in [0, 0.05) is 0 Å². The molecule has 15 heteroatoms. The predicted octanol–water partition coefficient (Wildman–Crippen LogP) is 13.4. The Kier molecular flexibility index (Phi) is 10.6. The lowest BCUT2D eigenvalue weighted by Crippen LogP contribution is -2.11. The number of alkyl halides is 12. The second-order valence-electron chi connectivity index (χ2n) is 12.3. The third-order valence-corrected chi connectivity index (χ3v) is 8.47. The Morgan fingerprint density at radius 3 is 1.04 bits per heavy atom. The molecule has 0 unspecified atom stereocenters. The molecule has 0 saturated carbocycles. The first kappa shape index (κ1) is 39.7. The van der Waals surface area contributed by atoms with Crippen molar-refractivity contribution in [2.45, 2.75) is 52.4 Å². The Labute approximate surface area is 300 Å². The molecular formula is C39H27F12N3. The Bertz CT molecular complexity index is 2050. The number of pyridine rings is 1. The number of halogens is 12. The smallest absolute Gasteiger partial charge is 0.251 e. The summed E-state index contributed by atoms with van der Waals surface area (Å²) >= 11 is 0. The van der Waals surface area contributed by atoms with Crippen LogP contribution in [0.3, 0.4) is 0 Å². The van der Waals surface area contributed by atoms with E-state index in [1.165, 1.54) is 50.2 Å². The molecule has 0 atom stereocenters. The Morgan fingerprint density at radius 2 is 0.741 bits per heavy atom. The zero-order chi connectivity index (χ0) is 40.0. The largest absolute Gasteiger partial charge is 0.416 e. The molecule has 0 radical (unpaired) electrons. The summed E-state index contributed by atoms with van der Waals surface area (Å²) in [6.07, 6.45) is -20.1. The molecule has 0 aliphatic carbocycles. The summed E-state index contributed by atoms with van der Waals surface area (Å²) in [7, 11) is 0. The molecule has 0 spiro atoms. The number of benzene rings is 4. The summed E-state index contributed by atoms with van der Waals surface area (Å²) in [4.78, 5) is 13.7. The summed E-state index contributed by atoms with van der Waals surface area (Å²) < 4.78 is 162. The zero-order valence-corrected chi connectivity index (χ0v) is 28.5. The van der Waals surface area contributed by atoms with E-state index >= 15 is 0 Å². The van der Waals surface area contributed by atoms with Gasteiger partial charge in [0.25, 0.3) is 0 Å². The van der Waals surface area contributed by atoms with Crippen LogP contribution in [-0.2, 0) is 24.7 Å². The highest BCUT2D eigenvalue weighted by Crippen LogP contribution is 2.42. The molecule has 0 aliphatic heterocycles. The molecule has 3 nitrogen and oxygen atoms in total. The molecule has 0 fully saturated rings. The van der Waals surface area contributed by atoms with Gasteiger partial charge in [0.05, 0.1) is 56.4 Å². The van der Waals surface area contributed by atoms with Gasteiger partial charge in [0.15, 0.2) is 0 Å². The Morgan fingerprint density at radius 1 is 0.444 bits per heavy atom. The zero-order valence-electron chi connectivity index (χ0n) is 28.5. The van der Waals surface area contributed by atoms with Crippen molar-refractivity contribution >= 4 is 22.8 Å². The predicted molar refractivity (Wildman–Crippen MR) is 181 cm³/mol. The van der Waals surface area contributed by atoms with Crippen LogP contribution in [0.5, 0.6) is 0 Å². The topological polar surface area (TPSA) is 37.6 Å². The van der Waals surface area contributed by atoms with E-state index in [4.69, 9.17) is 0 Å². The maximum atomic E-state index is 13.5. The monoisotopic (exact) mass is 765 g/mol. The minimum absolute atomic E-state index is 0.0520. The van der Waals surface area contributed by atoms with Gasteiger partial charge in [-0.15, -0.1) is 0 Å². The van der Waals surface area contributed by atoms with Crippen LogP contribution < -0.4 is 0 Å². The first-order valence-electron chi connectivity index (χ1n) is 15.8. The van der Waals surface area contributed by atoms with E-state index in [1.807, 2.05) is 0 Å². The highest BCUT2D eigenvalue weighted by molar-refractivity contribution is 6.02. The molecule has 0 amide bonds. The van der Waals surface area contributed by atoms with Crippen LogP contribution in [0.25, 0.3) is 22.3 Å². The van der Waals surface area contributed by atoms with Gasteiger partial charge in [-0.3, -0.25) is 9.98 Å². The minimum atomic E-state index is -5.03. The van der Waals surface area contributed by atoms with Crippen molar-refractivity contribution in [2.75, 3.05) is 0 Å². The van der Waals surface area contributed by atoms with Gasteiger partial charge < -0.3 is 0 Å². The van der Waals surface area contributed by atoms with Gasteiger partial charge in [-0.2, -0.15) is 52.7 Å². The Hall–Kier alpha value is -5.47. The van der Waals surface area contributed by atoms with Crippen LogP contribution in [0.2, 0.25) is 0 Å². The molecule has 0 aliphatic rings. The normalized spacial score (nSPS) is 13.4. The van der Waals surface area contributed by atoms with Crippen molar-refractivity contribution in [1.29, 1.82) is 0 Å². The molecule has 5 aromatic rings. The van der Waals surface area contributed by atoms with Crippen molar-refractivity contribution < 1.29 is 52.7 Å². The number of hydrogen-bond donors (Lipinski definition) is 0. The number of aliphatic imine (C=N–C) groups is 2. The molecule has 1 heterocycles. The van der Waals surface area contributed by atoms with Crippen molar-refractivity contribution in [3.05, 3.63) is 136 Å². The van der Waals surface area contributed by atoms with Crippen molar-refractivity contribution in [3.63, 3.8) is 0 Å². The van der Waals surface area contributed by atoms with Gasteiger partial charge in [0.2, 0.25) is 0 Å². The van der Waals surface area contributed by atoms with E-state index in [-0.39, 0.29) is 45.8 Å². The van der Waals surface area contributed by atoms with Crippen LogP contribution >= 0.6 is 0 Å². The third kappa shape index (κ3) is 8.83. The van der Waals surface area contributed by atoms with E-state index in [2.05, 4.69) is 15.0 Å². The lowest BCUT2D eigenvalue weighted by atomic mass is 9.95. The van der Waals surface area contributed by atoms with E-state index in [1.54, 1.807) is 32.0 Å². The fourth-order valence-corrected chi connectivity index (χ4v) is 5.65. The van der Waals surface area contributed by atoms with Crippen LogP contribution in [0, 0.1) is 13.8 Å².